The molecular formula is C7H13N7O2S. The van der Waals surface area contributed by atoms with Gasteiger partial charge in [-0.25, -0.2) is 4.68 Å². The quantitative estimate of drug-likeness (QED) is 0.408. The van der Waals surface area contributed by atoms with Crippen molar-refractivity contribution in [2.24, 2.45) is 5.73 Å². The molecular weight excluding hydrogens is 246 g/mol. The number of tetrazole rings is 1. The Morgan fingerprint density at radius 2 is 2.24 bits per heavy atom. The minimum Gasteiger partial charge on any atom is -0.329 e. The van der Waals surface area contributed by atoms with Crippen LogP contribution in [-0.4, -0.2) is 44.3 Å². The van der Waals surface area contributed by atoms with Crippen LogP contribution in [0.1, 0.15) is 6.92 Å². The van der Waals surface area contributed by atoms with Gasteiger partial charge in [0.15, 0.2) is 0 Å². The average Bonchev–Trinajstić information content (AvgIpc) is 2.71. The summed E-state index contributed by atoms with van der Waals surface area (Å²) < 4.78 is 1.51. The Kier molecular flexibility index (Phi) is 5.36. The van der Waals surface area contributed by atoms with Crippen LogP contribution in [0.4, 0.5) is 0 Å². The first-order valence-electron chi connectivity index (χ1n) is 4.78. The minimum absolute atomic E-state index is 0.102. The Hall–Kier alpha value is -1.68. The summed E-state index contributed by atoms with van der Waals surface area (Å²) in [4.78, 5) is 21.8. The molecule has 9 nitrogen and oxygen atoms in total. The number of nitrogens with two attached hydrogens (primary N) is 1. The number of nitrogens with zero attached hydrogens (tertiary/aromatic N) is 4. The molecule has 0 saturated heterocycles. The van der Waals surface area contributed by atoms with Gasteiger partial charge in [0.1, 0.15) is 0 Å². The lowest BCUT2D eigenvalue weighted by Crippen LogP contribution is -2.41. The molecule has 0 radical (unpaired) electrons. The van der Waals surface area contributed by atoms with E-state index < -0.39 is 0 Å². The maximum Gasteiger partial charge on any atom is 0.248 e. The Morgan fingerprint density at radius 3 is 2.88 bits per heavy atom. The first-order valence-corrected chi connectivity index (χ1v) is 5.76. The maximum atomic E-state index is 11.3. The molecule has 0 aliphatic carbocycles. The summed E-state index contributed by atoms with van der Waals surface area (Å²) in [6.45, 7) is 2.20. The highest BCUT2D eigenvalue weighted by Gasteiger charge is 2.09. The highest BCUT2D eigenvalue weighted by molar-refractivity contribution is 7.99. The van der Waals surface area contributed by atoms with Crippen molar-refractivity contribution in [1.29, 1.82) is 0 Å². The van der Waals surface area contributed by atoms with Crippen LogP contribution in [0.2, 0.25) is 0 Å². The van der Waals surface area contributed by atoms with Gasteiger partial charge in [0.25, 0.3) is 0 Å². The average molecular weight is 259 g/mol. The van der Waals surface area contributed by atoms with Gasteiger partial charge >= 0.3 is 0 Å². The zero-order valence-corrected chi connectivity index (χ0v) is 10.0. The van der Waals surface area contributed by atoms with Crippen LogP contribution in [0.5, 0.6) is 0 Å². The number of aromatic nitrogens is 4. The van der Waals surface area contributed by atoms with Gasteiger partial charge in [0, 0.05) is 13.5 Å². The zero-order valence-electron chi connectivity index (χ0n) is 9.21. The fraction of sp³-hybridized carbons (Fsp3) is 0.571. The molecule has 0 aliphatic rings. The molecule has 0 saturated carbocycles. The number of amides is 2. The van der Waals surface area contributed by atoms with E-state index in [0.717, 1.165) is 11.8 Å². The molecule has 0 bridgehead atoms. The third kappa shape index (κ3) is 4.78. The number of rotatable bonds is 5. The fourth-order valence-electron chi connectivity index (χ4n) is 0.886. The number of carbonyl (C=O) groups excluding carboxylic acids is 2. The first kappa shape index (κ1) is 13.4. The standard InChI is InChI=1S/C7H13N7O2S/c1-5(15)9-10-6(16)4-17-7-11-12-13-14(7)3-2-8/h2-4,8H2,1H3,(H,9,15)(H,10,16). The number of hydrogen-bond donors (Lipinski definition) is 3. The molecule has 2 amide bonds. The van der Waals surface area contributed by atoms with Crippen molar-refractivity contribution < 1.29 is 9.59 Å². The molecule has 0 atom stereocenters. The fourth-order valence-corrected chi connectivity index (χ4v) is 1.59. The second kappa shape index (κ2) is 6.81. The molecule has 1 aromatic rings. The van der Waals surface area contributed by atoms with Crippen LogP contribution in [0.25, 0.3) is 0 Å². The summed E-state index contributed by atoms with van der Waals surface area (Å²) in [7, 11) is 0. The van der Waals surface area contributed by atoms with E-state index in [1.54, 1.807) is 0 Å². The van der Waals surface area contributed by atoms with Crippen molar-refractivity contribution in [2.75, 3.05) is 12.3 Å². The minimum atomic E-state index is -0.340. The third-order valence-electron chi connectivity index (χ3n) is 1.55. The van der Waals surface area contributed by atoms with Crippen LogP contribution in [0, 0.1) is 0 Å². The molecule has 4 N–H and O–H groups in total. The van der Waals surface area contributed by atoms with E-state index in [4.69, 9.17) is 5.73 Å². The molecule has 10 heteroatoms. The van der Waals surface area contributed by atoms with E-state index in [1.165, 1.54) is 11.6 Å². The SMILES string of the molecule is CC(=O)NNC(=O)CSc1nnnn1CCN. The molecule has 1 heterocycles. The van der Waals surface area contributed by atoms with Gasteiger partial charge in [0.05, 0.1) is 12.3 Å². The van der Waals surface area contributed by atoms with Gasteiger partial charge in [-0.05, 0) is 10.4 Å². The van der Waals surface area contributed by atoms with Crippen molar-refractivity contribution in [3.63, 3.8) is 0 Å². The molecule has 1 aromatic heterocycles. The van der Waals surface area contributed by atoms with Gasteiger partial charge in [-0.15, -0.1) is 5.10 Å². The Labute approximate surface area is 101 Å². The summed E-state index contributed by atoms with van der Waals surface area (Å²) in [5, 5.41) is 11.4. The number of thioether (sulfide) groups is 1. The molecule has 1 rings (SSSR count). The van der Waals surface area contributed by atoms with Crippen molar-refractivity contribution in [3.05, 3.63) is 0 Å². The molecule has 0 aliphatic heterocycles. The summed E-state index contributed by atoms with van der Waals surface area (Å²) >= 11 is 1.16. The maximum absolute atomic E-state index is 11.3. The number of nitrogens with one attached hydrogen (secondary N) is 2. The second-order valence-corrected chi connectivity index (χ2v) is 3.93. The summed E-state index contributed by atoms with van der Waals surface area (Å²) in [5.74, 6) is -0.575. The smallest absolute Gasteiger partial charge is 0.248 e. The molecule has 94 valence electrons. The van der Waals surface area contributed by atoms with E-state index in [2.05, 4.69) is 26.4 Å². The first-order chi connectivity index (χ1) is 8.13. The number of hydrogen-bond acceptors (Lipinski definition) is 7. The second-order valence-electron chi connectivity index (χ2n) is 2.99. The van der Waals surface area contributed by atoms with Crippen molar-refractivity contribution in [3.8, 4) is 0 Å². The van der Waals surface area contributed by atoms with Crippen molar-refractivity contribution >= 4 is 23.6 Å². The largest absolute Gasteiger partial charge is 0.329 e. The monoisotopic (exact) mass is 259 g/mol. The predicted octanol–water partition coefficient (Wildman–Crippen LogP) is -2.11. The lowest BCUT2D eigenvalue weighted by molar-refractivity contribution is -0.126. The molecule has 0 fully saturated rings. The summed E-state index contributed by atoms with van der Waals surface area (Å²) in [6.07, 6.45) is 0. The van der Waals surface area contributed by atoms with Gasteiger partial charge in [-0.1, -0.05) is 11.8 Å². The lowest BCUT2D eigenvalue weighted by Gasteiger charge is -2.04. The number of hydrazine groups is 1. The van der Waals surface area contributed by atoms with Gasteiger partial charge in [-0.3, -0.25) is 20.4 Å². The normalized spacial score (nSPS) is 10.0. The van der Waals surface area contributed by atoms with Gasteiger partial charge < -0.3 is 5.73 Å². The van der Waals surface area contributed by atoms with E-state index in [-0.39, 0.29) is 17.6 Å². The molecule has 0 unspecified atom stereocenters. The molecule has 17 heavy (non-hydrogen) atoms. The molecule has 0 aromatic carbocycles. The van der Waals surface area contributed by atoms with Crippen LogP contribution >= 0.6 is 11.8 Å². The highest BCUT2D eigenvalue weighted by atomic mass is 32.2. The van der Waals surface area contributed by atoms with E-state index in [9.17, 15) is 9.59 Å². The summed E-state index contributed by atoms with van der Waals surface area (Å²) in [5.41, 5.74) is 9.79. The Bertz CT molecular complexity index is 393. The molecule has 0 spiro atoms. The van der Waals surface area contributed by atoms with E-state index >= 15 is 0 Å². The van der Waals surface area contributed by atoms with Gasteiger partial charge in [-0.2, -0.15) is 0 Å². The van der Waals surface area contributed by atoms with Crippen LogP contribution in [0.3, 0.4) is 0 Å². The topological polar surface area (TPSA) is 128 Å². The summed E-state index contributed by atoms with van der Waals surface area (Å²) in [6, 6.07) is 0. The third-order valence-corrected chi connectivity index (χ3v) is 2.51. The zero-order chi connectivity index (χ0) is 12.7. The van der Waals surface area contributed by atoms with Crippen LogP contribution in [-0.2, 0) is 16.1 Å². The Morgan fingerprint density at radius 1 is 1.47 bits per heavy atom. The highest BCUT2D eigenvalue weighted by Crippen LogP contribution is 2.12. The Balaban J connectivity index is 2.36. The lowest BCUT2D eigenvalue weighted by atomic mass is 10.7. The van der Waals surface area contributed by atoms with Crippen molar-refractivity contribution in [2.45, 2.75) is 18.6 Å². The van der Waals surface area contributed by atoms with Gasteiger partial charge in [0.2, 0.25) is 17.0 Å². The predicted molar refractivity (Wildman–Crippen MR) is 59.6 cm³/mol. The number of carbonyl (C=O) groups is 2. The van der Waals surface area contributed by atoms with Crippen LogP contribution in [0.15, 0.2) is 5.16 Å². The van der Waals surface area contributed by atoms with E-state index in [0.29, 0.717) is 18.2 Å². The van der Waals surface area contributed by atoms with Crippen LogP contribution < -0.4 is 16.6 Å². The van der Waals surface area contributed by atoms with Crippen molar-refractivity contribution in [1.82, 2.24) is 31.1 Å². The van der Waals surface area contributed by atoms with E-state index in [1.807, 2.05) is 0 Å².